The summed E-state index contributed by atoms with van der Waals surface area (Å²) in [4.78, 5) is 16.2. The molecular formula is C10H12N4O2S. The van der Waals surface area contributed by atoms with Crippen molar-refractivity contribution < 1.29 is 9.30 Å². The maximum Gasteiger partial charge on any atom is 0.502 e. The Balaban J connectivity index is 2.46. The Hall–Kier alpha value is -1.50. The molecule has 1 unspecified atom stereocenters. The van der Waals surface area contributed by atoms with Gasteiger partial charge in [-0.05, 0) is 0 Å². The van der Waals surface area contributed by atoms with Crippen LogP contribution in [0.4, 0.5) is 0 Å². The Morgan fingerprint density at radius 2 is 2.41 bits per heavy atom. The molecular weight excluding hydrogens is 240 g/mol. The number of aryl methyl sites for hydroxylation is 1. The molecule has 0 saturated heterocycles. The van der Waals surface area contributed by atoms with E-state index in [4.69, 9.17) is 17.4 Å². The van der Waals surface area contributed by atoms with Gasteiger partial charge in [-0.1, -0.05) is 0 Å². The van der Waals surface area contributed by atoms with Gasteiger partial charge in [-0.3, -0.25) is 0 Å². The monoisotopic (exact) mass is 252 g/mol. The lowest BCUT2D eigenvalue weighted by atomic mass is 10.4. The van der Waals surface area contributed by atoms with Crippen LogP contribution in [0.3, 0.4) is 0 Å². The lowest BCUT2D eigenvalue weighted by Crippen LogP contribution is -2.52. The highest BCUT2D eigenvalue weighted by molar-refractivity contribution is 7.59. The molecule has 1 atom stereocenters. The van der Waals surface area contributed by atoms with E-state index in [0.717, 1.165) is 5.52 Å². The Morgan fingerprint density at radius 1 is 1.65 bits per heavy atom. The van der Waals surface area contributed by atoms with E-state index in [2.05, 4.69) is 4.98 Å². The fraction of sp³-hybridized carbons (Fsp3) is 0.500. The second-order valence-electron chi connectivity index (χ2n) is 4.21. The largest absolute Gasteiger partial charge is 0.784 e. The van der Waals surface area contributed by atoms with Crippen molar-refractivity contribution in [2.45, 2.75) is 11.8 Å². The Labute approximate surface area is 103 Å². The zero-order valence-electron chi connectivity index (χ0n) is 9.58. The minimum absolute atomic E-state index is 0.0137. The normalized spacial score (nSPS) is 19.1. The van der Waals surface area contributed by atoms with Crippen molar-refractivity contribution in [2.75, 3.05) is 6.61 Å². The summed E-state index contributed by atoms with van der Waals surface area (Å²) >= 11 is 5.28. The van der Waals surface area contributed by atoms with Gasteiger partial charge in [0, 0.05) is 6.54 Å². The van der Waals surface area contributed by atoms with Gasteiger partial charge in [-0.2, -0.15) is 18.9 Å². The number of ether oxygens (including phenoxy) is 1. The van der Waals surface area contributed by atoms with Gasteiger partial charge in [-0.25, -0.2) is 0 Å². The standard InChI is InChI=1S/C10H12N4O2S/c1-12-8-7-9(13(2)10(12)15)16-4-6(17)3-14(7)5-11-8/h5-6H,3-4H2,1-2H3. The van der Waals surface area contributed by atoms with E-state index >= 15 is 0 Å². The van der Waals surface area contributed by atoms with E-state index in [9.17, 15) is 4.79 Å². The van der Waals surface area contributed by atoms with Crippen LogP contribution in [0.5, 0.6) is 5.88 Å². The second-order valence-corrected chi connectivity index (χ2v) is 4.87. The molecule has 0 fully saturated rings. The first-order valence-corrected chi connectivity index (χ1v) is 5.79. The van der Waals surface area contributed by atoms with E-state index in [1.54, 1.807) is 20.4 Å². The molecule has 2 aromatic rings. The molecule has 3 heterocycles. The second kappa shape index (κ2) is 3.49. The van der Waals surface area contributed by atoms with E-state index in [0.29, 0.717) is 24.7 Å². The fourth-order valence-corrected chi connectivity index (χ4v) is 2.37. The summed E-state index contributed by atoms with van der Waals surface area (Å²) in [5.41, 5.74) is 1.31. The third-order valence-electron chi connectivity index (χ3n) is 3.02. The summed E-state index contributed by atoms with van der Waals surface area (Å²) in [6.45, 7) is 1.12. The molecule has 1 aliphatic rings. The molecule has 0 aliphatic carbocycles. The molecule has 90 valence electrons. The number of aromatic nitrogens is 4. The molecule has 0 radical (unpaired) electrons. The molecule has 7 heteroatoms. The van der Waals surface area contributed by atoms with E-state index in [-0.39, 0.29) is 10.9 Å². The summed E-state index contributed by atoms with van der Waals surface area (Å²) in [5, 5.41) is -0.0137. The Kier molecular flexibility index (Phi) is 2.19. The van der Waals surface area contributed by atoms with E-state index in [1.165, 1.54) is 9.13 Å². The number of hydrogen-bond acceptors (Lipinski definition) is 4. The first-order valence-electron chi connectivity index (χ1n) is 5.32. The van der Waals surface area contributed by atoms with Crippen LogP contribution in [0, 0.1) is 0 Å². The van der Waals surface area contributed by atoms with Crippen LogP contribution < -0.4 is 15.0 Å². The molecule has 0 aromatic carbocycles. The van der Waals surface area contributed by atoms with Crippen LogP contribution in [0.15, 0.2) is 11.1 Å². The van der Waals surface area contributed by atoms with Crippen molar-refractivity contribution in [1.29, 1.82) is 0 Å². The van der Waals surface area contributed by atoms with Crippen molar-refractivity contribution in [2.24, 2.45) is 14.1 Å². The van der Waals surface area contributed by atoms with Gasteiger partial charge in [0.05, 0.1) is 27.0 Å². The minimum Gasteiger partial charge on any atom is -0.784 e. The minimum atomic E-state index is -0.152. The van der Waals surface area contributed by atoms with Gasteiger partial charge in [0.15, 0.2) is 5.52 Å². The van der Waals surface area contributed by atoms with Crippen molar-refractivity contribution >= 4 is 23.8 Å². The molecule has 0 N–H and O–H groups in total. The van der Waals surface area contributed by atoms with Crippen LogP contribution in [0.2, 0.25) is 0 Å². The topological polar surface area (TPSA) is 52.9 Å². The lowest BCUT2D eigenvalue weighted by Gasteiger charge is -2.18. The highest BCUT2D eigenvalue weighted by atomic mass is 32.1. The quantitative estimate of drug-likeness (QED) is 0.440. The van der Waals surface area contributed by atoms with Gasteiger partial charge >= 0.3 is 11.6 Å². The summed E-state index contributed by atoms with van der Waals surface area (Å²) in [6.07, 6.45) is 1.71. The van der Waals surface area contributed by atoms with Gasteiger partial charge < -0.3 is 21.9 Å². The number of imidazole rings is 1. The summed E-state index contributed by atoms with van der Waals surface area (Å²) < 4.78 is 10.6. The predicted molar refractivity (Wildman–Crippen MR) is 62.8 cm³/mol. The number of rotatable bonds is 0. The zero-order valence-corrected chi connectivity index (χ0v) is 10.4. The van der Waals surface area contributed by atoms with Crippen molar-refractivity contribution in [3.05, 3.63) is 16.8 Å². The highest BCUT2D eigenvalue weighted by Gasteiger charge is 2.26. The van der Waals surface area contributed by atoms with Gasteiger partial charge in [0.25, 0.3) is 5.65 Å². The first-order chi connectivity index (χ1) is 8.09. The zero-order chi connectivity index (χ0) is 12.2. The molecule has 3 rings (SSSR count). The Bertz CT molecular complexity index is 660. The van der Waals surface area contributed by atoms with Crippen molar-refractivity contribution in [3.8, 4) is 5.88 Å². The van der Waals surface area contributed by atoms with Gasteiger partial charge in [-0.15, -0.1) is 5.25 Å². The van der Waals surface area contributed by atoms with Crippen LogP contribution in [0.1, 0.15) is 0 Å². The molecule has 1 aliphatic heterocycles. The molecule has 0 bridgehead atoms. The highest BCUT2D eigenvalue weighted by Crippen LogP contribution is 2.22. The number of nitrogens with zero attached hydrogens (tertiary/aromatic N) is 4. The summed E-state index contributed by atoms with van der Waals surface area (Å²) in [5.74, 6) is 0.549. The lowest BCUT2D eigenvalue weighted by molar-refractivity contribution is -0.694. The SMILES string of the molecule is Cn1c(=O)[n+](C)c2c3c1ncn3CC([S-])CO2. The molecule has 6 nitrogen and oxygen atoms in total. The van der Waals surface area contributed by atoms with E-state index in [1.807, 2.05) is 4.57 Å². The maximum absolute atomic E-state index is 12.0. The third-order valence-corrected chi connectivity index (χ3v) is 3.31. The molecule has 0 spiro atoms. The van der Waals surface area contributed by atoms with Crippen LogP contribution in [-0.4, -0.2) is 26.0 Å². The Morgan fingerprint density at radius 3 is 3.18 bits per heavy atom. The fourth-order valence-electron chi connectivity index (χ4n) is 2.14. The molecule has 0 amide bonds. The third kappa shape index (κ3) is 1.38. The molecule has 0 saturated carbocycles. The predicted octanol–water partition coefficient (Wildman–Crippen LogP) is -1.13. The average Bonchev–Trinajstić information content (AvgIpc) is 2.62. The summed E-state index contributed by atoms with van der Waals surface area (Å²) in [7, 11) is 3.40. The van der Waals surface area contributed by atoms with Crippen molar-refractivity contribution in [1.82, 2.24) is 14.1 Å². The van der Waals surface area contributed by atoms with Crippen LogP contribution in [0.25, 0.3) is 11.2 Å². The number of hydrogen-bond donors (Lipinski definition) is 0. The van der Waals surface area contributed by atoms with Crippen LogP contribution in [-0.2, 0) is 33.3 Å². The first kappa shape index (κ1) is 10.6. The average molecular weight is 252 g/mol. The maximum atomic E-state index is 12.0. The van der Waals surface area contributed by atoms with Gasteiger partial charge in [0.1, 0.15) is 0 Å². The smallest absolute Gasteiger partial charge is 0.502 e. The van der Waals surface area contributed by atoms with Crippen LogP contribution >= 0.6 is 0 Å². The van der Waals surface area contributed by atoms with Crippen molar-refractivity contribution in [3.63, 3.8) is 0 Å². The van der Waals surface area contributed by atoms with Gasteiger partial charge in [0.2, 0.25) is 0 Å². The molecule has 17 heavy (non-hydrogen) atoms. The summed E-state index contributed by atoms with van der Waals surface area (Å²) in [6, 6.07) is 0. The molecule has 2 aromatic heterocycles. The van der Waals surface area contributed by atoms with E-state index < -0.39 is 0 Å².